The van der Waals surface area contributed by atoms with E-state index in [1.807, 2.05) is 43.3 Å². The van der Waals surface area contributed by atoms with Crippen molar-refractivity contribution in [2.24, 2.45) is 5.18 Å². The lowest BCUT2D eigenvalue weighted by atomic mass is 9.99. The minimum Gasteiger partial charge on any atom is -0.496 e. The van der Waals surface area contributed by atoms with Gasteiger partial charge in [0.2, 0.25) is 5.82 Å². The molecule has 1 aromatic carbocycles. The maximum atomic E-state index is 11.5. The van der Waals surface area contributed by atoms with Crippen LogP contribution in [0.1, 0.15) is 31.0 Å². The molecule has 0 unspecified atom stereocenters. The second-order valence-corrected chi connectivity index (χ2v) is 5.85. The highest BCUT2D eigenvalue weighted by molar-refractivity contribution is 5.79. The van der Waals surface area contributed by atoms with Gasteiger partial charge in [0.05, 0.1) is 7.11 Å². The number of aromatic nitrogens is 2. The van der Waals surface area contributed by atoms with Gasteiger partial charge in [-0.15, -0.1) is 4.91 Å². The van der Waals surface area contributed by atoms with Crippen molar-refractivity contribution < 1.29 is 4.74 Å². The number of hydrogen-bond donors (Lipinski definition) is 0. The van der Waals surface area contributed by atoms with Crippen LogP contribution in [0, 0.1) is 11.8 Å². The Bertz CT molecular complexity index is 881. The van der Waals surface area contributed by atoms with E-state index in [9.17, 15) is 4.91 Å². The zero-order chi connectivity index (χ0) is 16.6. The fraction of sp³-hybridized carbons (Fsp3) is 0.278. The number of aryl methyl sites for hydroxylation is 1. The van der Waals surface area contributed by atoms with Crippen molar-refractivity contribution in [1.82, 2.24) is 9.38 Å². The van der Waals surface area contributed by atoms with Gasteiger partial charge in [0.15, 0.2) is 0 Å². The molecule has 3 rings (SSSR count). The summed E-state index contributed by atoms with van der Waals surface area (Å²) in [4.78, 5) is 16.1. The molecule has 5 heteroatoms. The van der Waals surface area contributed by atoms with E-state index in [2.05, 4.69) is 24.0 Å². The lowest BCUT2D eigenvalue weighted by Gasteiger charge is -2.11. The lowest BCUT2D eigenvalue weighted by Crippen LogP contribution is -1.93. The minimum atomic E-state index is 0.303. The number of nitroso groups, excluding NO2 is 1. The minimum absolute atomic E-state index is 0.303. The van der Waals surface area contributed by atoms with Crippen LogP contribution in [-0.2, 0) is 0 Å². The van der Waals surface area contributed by atoms with Gasteiger partial charge in [-0.2, -0.15) is 0 Å². The van der Waals surface area contributed by atoms with Crippen LogP contribution >= 0.6 is 0 Å². The topological polar surface area (TPSA) is 56.0 Å². The largest absolute Gasteiger partial charge is 0.496 e. The number of benzene rings is 1. The Morgan fingerprint density at radius 2 is 2.00 bits per heavy atom. The van der Waals surface area contributed by atoms with Crippen LogP contribution in [0.15, 0.2) is 41.6 Å². The van der Waals surface area contributed by atoms with E-state index in [0.29, 0.717) is 28.8 Å². The Balaban J connectivity index is 2.34. The van der Waals surface area contributed by atoms with Gasteiger partial charge in [0.1, 0.15) is 17.1 Å². The van der Waals surface area contributed by atoms with Crippen molar-refractivity contribution >= 4 is 11.5 Å². The smallest absolute Gasteiger partial charge is 0.210 e. The Labute approximate surface area is 134 Å². The average molecular weight is 309 g/mol. The first-order valence-corrected chi connectivity index (χ1v) is 7.56. The van der Waals surface area contributed by atoms with Gasteiger partial charge in [0.25, 0.3) is 0 Å². The van der Waals surface area contributed by atoms with Gasteiger partial charge < -0.3 is 4.74 Å². The van der Waals surface area contributed by atoms with Gasteiger partial charge in [-0.05, 0) is 47.8 Å². The van der Waals surface area contributed by atoms with Crippen molar-refractivity contribution in [1.29, 1.82) is 0 Å². The summed E-state index contributed by atoms with van der Waals surface area (Å²) in [5.74, 6) is 1.35. The average Bonchev–Trinajstić information content (AvgIpc) is 2.93. The normalized spacial score (nSPS) is 11.2. The zero-order valence-electron chi connectivity index (χ0n) is 13.7. The van der Waals surface area contributed by atoms with Crippen molar-refractivity contribution in [2.75, 3.05) is 7.11 Å². The molecule has 0 aliphatic carbocycles. The summed E-state index contributed by atoms with van der Waals surface area (Å²) in [7, 11) is 1.61. The molecule has 23 heavy (non-hydrogen) atoms. The fourth-order valence-electron chi connectivity index (χ4n) is 2.77. The Morgan fingerprint density at radius 3 is 2.65 bits per heavy atom. The summed E-state index contributed by atoms with van der Waals surface area (Å²) in [6.07, 6.45) is 0. The van der Waals surface area contributed by atoms with E-state index in [0.717, 1.165) is 16.8 Å². The summed E-state index contributed by atoms with van der Waals surface area (Å²) in [6, 6.07) is 11.7. The first kappa shape index (κ1) is 15.2. The molecule has 0 saturated carbocycles. The van der Waals surface area contributed by atoms with E-state index in [-0.39, 0.29) is 0 Å². The van der Waals surface area contributed by atoms with Gasteiger partial charge in [-0.25, -0.2) is 4.98 Å². The highest BCUT2D eigenvalue weighted by Crippen LogP contribution is 2.38. The van der Waals surface area contributed by atoms with Crippen molar-refractivity contribution in [3.8, 4) is 17.0 Å². The van der Waals surface area contributed by atoms with Crippen molar-refractivity contribution in [2.45, 2.75) is 26.7 Å². The third-order valence-electron chi connectivity index (χ3n) is 4.05. The molecule has 118 valence electrons. The van der Waals surface area contributed by atoms with Crippen LogP contribution in [0.25, 0.3) is 16.9 Å². The van der Waals surface area contributed by atoms with Crippen LogP contribution in [-0.4, -0.2) is 16.5 Å². The molecular weight excluding hydrogens is 290 g/mol. The number of imidazole rings is 1. The fourth-order valence-corrected chi connectivity index (χ4v) is 2.77. The summed E-state index contributed by atoms with van der Waals surface area (Å²) in [6.45, 7) is 6.17. The van der Waals surface area contributed by atoms with Crippen LogP contribution in [0.4, 0.5) is 5.82 Å². The number of hydrogen-bond acceptors (Lipinski definition) is 4. The van der Waals surface area contributed by atoms with E-state index in [4.69, 9.17) is 4.74 Å². The number of fused-ring (bicyclic) bond motifs is 1. The third kappa shape index (κ3) is 2.48. The van der Waals surface area contributed by atoms with E-state index >= 15 is 0 Å². The summed E-state index contributed by atoms with van der Waals surface area (Å²) in [5.41, 5.74) is 4.11. The Morgan fingerprint density at radius 1 is 1.22 bits per heavy atom. The third-order valence-corrected chi connectivity index (χ3v) is 4.05. The molecule has 2 aromatic heterocycles. The van der Waals surface area contributed by atoms with Crippen LogP contribution < -0.4 is 4.74 Å². The van der Waals surface area contributed by atoms with Crippen LogP contribution in [0.2, 0.25) is 0 Å². The predicted octanol–water partition coefficient (Wildman–Crippen LogP) is 4.84. The van der Waals surface area contributed by atoms with Gasteiger partial charge in [-0.1, -0.05) is 26.0 Å². The molecule has 0 aliphatic rings. The monoisotopic (exact) mass is 309 g/mol. The van der Waals surface area contributed by atoms with Crippen molar-refractivity contribution in [3.63, 3.8) is 0 Å². The predicted molar refractivity (Wildman–Crippen MR) is 91.5 cm³/mol. The SMILES string of the molecule is COc1ccc(C(C)C)cc1-c1nc2cccc(C)n2c1N=O. The highest BCUT2D eigenvalue weighted by Gasteiger charge is 2.20. The summed E-state index contributed by atoms with van der Waals surface area (Å²) >= 11 is 0. The first-order chi connectivity index (χ1) is 11.1. The molecule has 2 heterocycles. The number of pyridine rings is 1. The standard InChI is InChI=1S/C18H19N3O2/c1-11(2)13-8-9-15(23-4)14(10-13)17-18(20-22)21-12(3)6-5-7-16(21)19-17/h5-11H,1-4H3. The maximum absolute atomic E-state index is 11.5. The molecule has 0 N–H and O–H groups in total. The molecule has 0 aliphatic heterocycles. The molecule has 0 saturated heterocycles. The van der Waals surface area contributed by atoms with E-state index in [1.165, 1.54) is 0 Å². The number of methoxy groups -OCH3 is 1. The second-order valence-electron chi connectivity index (χ2n) is 5.85. The quantitative estimate of drug-likeness (QED) is 0.648. The molecule has 0 radical (unpaired) electrons. The lowest BCUT2D eigenvalue weighted by molar-refractivity contribution is 0.416. The maximum Gasteiger partial charge on any atom is 0.210 e. The van der Waals surface area contributed by atoms with Gasteiger partial charge in [-0.3, -0.25) is 4.40 Å². The molecule has 3 aromatic rings. The number of ether oxygens (including phenoxy) is 1. The summed E-state index contributed by atoms with van der Waals surface area (Å²) < 4.78 is 7.23. The second kappa shape index (κ2) is 5.83. The van der Waals surface area contributed by atoms with Gasteiger partial charge in [0, 0.05) is 11.3 Å². The molecule has 5 nitrogen and oxygen atoms in total. The zero-order valence-corrected chi connectivity index (χ0v) is 13.7. The molecular formula is C18H19N3O2. The van der Waals surface area contributed by atoms with Crippen LogP contribution in [0.5, 0.6) is 5.75 Å². The van der Waals surface area contributed by atoms with Gasteiger partial charge >= 0.3 is 0 Å². The van der Waals surface area contributed by atoms with E-state index < -0.39 is 0 Å². The first-order valence-electron chi connectivity index (χ1n) is 7.56. The number of rotatable bonds is 4. The van der Waals surface area contributed by atoms with Crippen LogP contribution in [0.3, 0.4) is 0 Å². The Hall–Kier alpha value is -2.69. The molecule has 0 spiro atoms. The molecule has 0 fully saturated rings. The molecule has 0 atom stereocenters. The van der Waals surface area contributed by atoms with E-state index in [1.54, 1.807) is 11.5 Å². The molecule has 0 bridgehead atoms. The summed E-state index contributed by atoms with van der Waals surface area (Å²) in [5, 5.41) is 3.24. The Kier molecular flexibility index (Phi) is 3.86. The number of nitrogens with zero attached hydrogens (tertiary/aromatic N) is 3. The molecule has 0 amide bonds. The van der Waals surface area contributed by atoms with Crippen molar-refractivity contribution in [3.05, 3.63) is 52.6 Å². The highest BCUT2D eigenvalue weighted by atomic mass is 16.5.